The van der Waals surface area contributed by atoms with Gasteiger partial charge >= 0.3 is 0 Å². The molecule has 0 fully saturated rings. The molecule has 8 atom stereocenters. The van der Waals surface area contributed by atoms with Crippen molar-refractivity contribution in [1.82, 2.24) is 5.54 Å². The molecule has 0 aliphatic carbocycles. The second-order valence-electron chi connectivity index (χ2n) is 8.19. The van der Waals surface area contributed by atoms with Crippen molar-refractivity contribution < 1.29 is 168 Å². The van der Waals surface area contributed by atoms with Gasteiger partial charge in [-0.2, -0.15) is 5.54 Å². The smallest absolute Gasteiger partial charge is 0.267 e. The summed E-state index contributed by atoms with van der Waals surface area (Å²) in [6.45, 7) is -1.74. The van der Waals surface area contributed by atoms with Gasteiger partial charge in [-0.3, -0.25) is 22.8 Å². The van der Waals surface area contributed by atoms with Gasteiger partial charge in [-0.15, -0.1) is 16.3 Å². The SMILES string of the molecule is [CH2-]C(CO)COP(=O)([O-])OCCOP(=O)([O-])OCC(CNF)COP(=O)([O-])OCCOP(=O)([O-])OCC([CH2-])COP(=O)([O-])O.[Y].[Y]. The van der Waals surface area contributed by atoms with Gasteiger partial charge in [0.2, 0.25) is 0 Å². The van der Waals surface area contributed by atoms with Gasteiger partial charge in [0.25, 0.3) is 39.1 Å². The maximum absolute atomic E-state index is 12.6. The van der Waals surface area contributed by atoms with E-state index in [1.54, 1.807) is 0 Å². The first-order valence-corrected chi connectivity index (χ1v) is 19.1. The second kappa shape index (κ2) is 26.4. The van der Waals surface area contributed by atoms with Crippen molar-refractivity contribution >= 4 is 39.1 Å². The maximum atomic E-state index is 12.6. The van der Waals surface area contributed by atoms with Crippen molar-refractivity contribution in [3.63, 3.8) is 0 Å². The summed E-state index contributed by atoms with van der Waals surface area (Å²) in [5.41, 5.74) is 1.14. The fourth-order valence-corrected chi connectivity index (χ4v) is 5.57. The Balaban J connectivity index is -0.00000924. The summed E-state index contributed by atoms with van der Waals surface area (Å²) in [7, 11) is -25.3. The summed E-state index contributed by atoms with van der Waals surface area (Å²) in [5.74, 6) is -3.14. The Labute approximate surface area is 314 Å². The van der Waals surface area contributed by atoms with Crippen LogP contribution in [0, 0.1) is 31.6 Å². The van der Waals surface area contributed by atoms with Crippen molar-refractivity contribution in [1.29, 1.82) is 0 Å². The Hall–Kier alpha value is 2.61. The molecule has 272 valence electrons. The minimum atomic E-state index is -5.18. The van der Waals surface area contributed by atoms with Crippen LogP contribution in [0.15, 0.2) is 0 Å². The van der Waals surface area contributed by atoms with Crippen molar-refractivity contribution in [2.75, 3.05) is 72.6 Å². The molecule has 0 heterocycles. The Morgan fingerprint density at radius 1 is 0.587 bits per heavy atom. The molecule has 0 bridgehead atoms. The van der Waals surface area contributed by atoms with E-state index in [0.717, 1.165) is 5.54 Å². The summed E-state index contributed by atoms with van der Waals surface area (Å²) in [6.07, 6.45) is 0. The van der Waals surface area contributed by atoms with Crippen molar-refractivity contribution in [2.24, 2.45) is 17.8 Å². The Kier molecular flexibility index (Phi) is 30.4. The number of nitrogens with one attached hydrogen (secondary N) is 1. The molecular formula is C16H32FNO21P5Y2-7. The van der Waals surface area contributed by atoms with Gasteiger partial charge in [0.1, 0.15) is 0 Å². The summed E-state index contributed by atoms with van der Waals surface area (Å²) in [4.78, 5) is 65.8. The molecule has 2 radical (unpaired) electrons. The third kappa shape index (κ3) is 31.4. The summed E-state index contributed by atoms with van der Waals surface area (Å²) in [5, 5.41) is 8.77. The molecule has 0 saturated heterocycles. The fourth-order valence-electron chi connectivity index (χ4n) is 2.11. The molecule has 8 unspecified atom stereocenters. The predicted octanol–water partition coefficient (Wildman–Crippen LogP) is -2.55. The molecule has 0 aliphatic heterocycles. The van der Waals surface area contributed by atoms with E-state index in [-0.39, 0.29) is 65.4 Å². The topological polar surface area (TPSA) is 336 Å². The summed E-state index contributed by atoms with van der Waals surface area (Å²) >= 11 is 0. The van der Waals surface area contributed by atoms with E-state index >= 15 is 0 Å². The van der Waals surface area contributed by atoms with Gasteiger partial charge in [-0.05, 0) is 0 Å². The zero-order valence-corrected chi connectivity index (χ0v) is 34.0. The van der Waals surface area contributed by atoms with Crippen LogP contribution in [0.1, 0.15) is 0 Å². The van der Waals surface area contributed by atoms with E-state index in [0.29, 0.717) is 0 Å². The average Bonchev–Trinajstić information content (AvgIpc) is 2.91. The number of phosphoric acid groups is 5. The molecule has 3 N–H and O–H groups in total. The van der Waals surface area contributed by atoms with E-state index in [4.69, 9.17) is 10.00 Å². The summed E-state index contributed by atoms with van der Waals surface area (Å²) < 4.78 is 109. The molecule has 0 spiro atoms. The second-order valence-corrected chi connectivity index (χ2v) is 15.0. The van der Waals surface area contributed by atoms with E-state index in [9.17, 15) is 51.8 Å². The first-order chi connectivity index (χ1) is 20.1. The van der Waals surface area contributed by atoms with Gasteiger partial charge in [0, 0.05) is 104 Å². The molecule has 0 saturated carbocycles. The van der Waals surface area contributed by atoms with Crippen LogP contribution >= 0.6 is 39.1 Å². The van der Waals surface area contributed by atoms with Crippen LogP contribution in [0.5, 0.6) is 0 Å². The van der Waals surface area contributed by atoms with Crippen LogP contribution in [0.3, 0.4) is 0 Å². The molecular weight excluding hydrogens is 894 g/mol. The molecule has 0 aromatic heterocycles. The van der Waals surface area contributed by atoms with Gasteiger partial charge in [0.05, 0.1) is 39.6 Å². The molecule has 0 aromatic carbocycles. The Morgan fingerprint density at radius 3 is 1.20 bits per heavy atom. The van der Waals surface area contributed by atoms with Crippen LogP contribution in [-0.4, -0.2) is 82.6 Å². The number of phosphoric ester groups is 5. The molecule has 0 amide bonds. The van der Waals surface area contributed by atoms with Crippen molar-refractivity contribution in [3.8, 4) is 0 Å². The number of aliphatic hydroxyl groups is 1. The molecule has 0 aromatic rings. The van der Waals surface area contributed by atoms with Crippen LogP contribution in [0.25, 0.3) is 0 Å². The molecule has 46 heavy (non-hydrogen) atoms. The fraction of sp³-hybridized carbons (Fsp3) is 0.875. The van der Waals surface area contributed by atoms with E-state index in [1.807, 2.05) is 0 Å². The van der Waals surface area contributed by atoms with E-state index < -0.39 is 129 Å². The quantitative estimate of drug-likeness (QED) is 0.0315. The van der Waals surface area contributed by atoms with Crippen LogP contribution < -0.4 is 30.0 Å². The average molecular weight is 926 g/mol. The maximum Gasteiger partial charge on any atom is 0.267 e. The number of rotatable bonds is 28. The first kappa shape index (κ1) is 53.0. The van der Waals surface area contributed by atoms with Crippen LogP contribution in [0.4, 0.5) is 4.48 Å². The predicted molar refractivity (Wildman–Crippen MR) is 131 cm³/mol. The van der Waals surface area contributed by atoms with Crippen LogP contribution in [0.2, 0.25) is 0 Å². The van der Waals surface area contributed by atoms with Gasteiger partial charge < -0.3 is 89.0 Å². The van der Waals surface area contributed by atoms with E-state index in [2.05, 4.69) is 54.6 Å². The summed E-state index contributed by atoms with van der Waals surface area (Å²) in [6, 6.07) is 0. The van der Waals surface area contributed by atoms with Gasteiger partial charge in [0.15, 0.2) is 0 Å². The number of hydrogen-bond donors (Lipinski definition) is 3. The number of hydrogen-bond acceptors (Lipinski definition) is 21. The largest absolute Gasteiger partial charge is 0.756 e. The molecule has 22 nitrogen and oxygen atoms in total. The van der Waals surface area contributed by atoms with Crippen molar-refractivity contribution in [3.05, 3.63) is 13.8 Å². The third-order valence-electron chi connectivity index (χ3n) is 4.14. The molecule has 0 aliphatic rings. The van der Waals surface area contributed by atoms with Gasteiger partial charge in [-0.1, -0.05) is 0 Å². The Morgan fingerprint density at radius 2 is 0.891 bits per heavy atom. The molecule has 0 rings (SSSR count). The zero-order chi connectivity index (χ0) is 34.1. The minimum Gasteiger partial charge on any atom is -0.756 e. The van der Waals surface area contributed by atoms with Gasteiger partial charge in [-0.25, -0.2) is 0 Å². The normalized spacial score (nSPS) is 20.3. The monoisotopic (exact) mass is 926 g/mol. The van der Waals surface area contributed by atoms with Crippen molar-refractivity contribution in [2.45, 2.75) is 0 Å². The van der Waals surface area contributed by atoms with Crippen LogP contribution in [-0.2, 0) is 129 Å². The van der Waals surface area contributed by atoms with E-state index in [1.165, 1.54) is 0 Å². The third-order valence-corrected chi connectivity index (χ3v) is 8.47. The number of halogens is 1. The number of aliphatic hydroxyl groups excluding tert-OH is 1. The molecule has 30 heteroatoms. The Bertz CT molecular complexity index is 1060. The zero-order valence-electron chi connectivity index (χ0n) is 23.8. The standard InChI is InChI=1S/C16H37FNO21P5.2Y/c1-14(8-19)9-36-41(23,24)31-3-5-33-43(27,28)38-12-16(7-18-17)13-39-44(29,30)34-6-4-32-42(25,26)37-11-15(2)10-35-40(20,21)22;;/h14-16,18-19H,1-13H2,(H,23,24)(H,25,26)(H,27,28)(H,29,30)(H2,20,21,22);;/q-2;;/p-5. The first-order valence-electron chi connectivity index (χ1n) is 11.8. The minimum absolute atomic E-state index is 0.